The summed E-state index contributed by atoms with van der Waals surface area (Å²) >= 11 is 0. The van der Waals surface area contributed by atoms with Crippen LogP contribution < -0.4 is 5.73 Å². The molecule has 0 radical (unpaired) electrons. The molecule has 0 saturated heterocycles. The highest BCUT2D eigenvalue weighted by Crippen LogP contribution is 2.24. The SMILES string of the molecule is CC(C)C(N)c1noc(-c2cc(F)c(F)c(F)c2)n1. The molecule has 2 N–H and O–H groups in total. The van der Waals surface area contributed by atoms with E-state index in [9.17, 15) is 13.2 Å². The van der Waals surface area contributed by atoms with E-state index in [1.165, 1.54) is 0 Å². The van der Waals surface area contributed by atoms with Gasteiger partial charge in [0, 0.05) is 5.56 Å². The van der Waals surface area contributed by atoms with Gasteiger partial charge in [0.25, 0.3) is 5.89 Å². The average Bonchev–Trinajstić information content (AvgIpc) is 2.83. The molecule has 4 nitrogen and oxygen atoms in total. The highest BCUT2D eigenvalue weighted by molar-refractivity contribution is 5.53. The molecule has 1 aromatic heterocycles. The summed E-state index contributed by atoms with van der Waals surface area (Å²) in [5.74, 6) is -3.97. The Labute approximate surface area is 107 Å². The Hall–Kier alpha value is -1.89. The van der Waals surface area contributed by atoms with E-state index in [-0.39, 0.29) is 23.2 Å². The molecule has 0 aliphatic heterocycles. The minimum absolute atomic E-state index is 0.0360. The van der Waals surface area contributed by atoms with Crippen molar-refractivity contribution in [1.29, 1.82) is 0 Å². The summed E-state index contributed by atoms with van der Waals surface area (Å²) in [6.45, 7) is 3.75. The van der Waals surface area contributed by atoms with Crippen molar-refractivity contribution in [3.05, 3.63) is 35.4 Å². The molecule has 2 aromatic rings. The van der Waals surface area contributed by atoms with Crippen molar-refractivity contribution in [2.45, 2.75) is 19.9 Å². The Morgan fingerprint density at radius 3 is 2.26 bits per heavy atom. The summed E-state index contributed by atoms with van der Waals surface area (Å²) in [6, 6.07) is 1.13. The van der Waals surface area contributed by atoms with E-state index in [0.29, 0.717) is 0 Å². The minimum Gasteiger partial charge on any atom is -0.334 e. The van der Waals surface area contributed by atoms with Crippen LogP contribution in [-0.4, -0.2) is 10.1 Å². The van der Waals surface area contributed by atoms with Gasteiger partial charge in [0.15, 0.2) is 23.3 Å². The average molecular weight is 271 g/mol. The Kier molecular flexibility index (Phi) is 3.57. The normalized spacial score (nSPS) is 13.0. The van der Waals surface area contributed by atoms with Gasteiger partial charge in [0.1, 0.15) is 0 Å². The number of halogens is 3. The fraction of sp³-hybridized carbons (Fsp3) is 0.333. The third-order valence-electron chi connectivity index (χ3n) is 2.69. The number of benzene rings is 1. The molecule has 102 valence electrons. The van der Waals surface area contributed by atoms with E-state index in [4.69, 9.17) is 10.3 Å². The van der Waals surface area contributed by atoms with E-state index in [1.807, 2.05) is 13.8 Å². The van der Waals surface area contributed by atoms with Gasteiger partial charge in [-0.1, -0.05) is 19.0 Å². The Morgan fingerprint density at radius 2 is 1.74 bits per heavy atom. The summed E-state index contributed by atoms with van der Waals surface area (Å²) < 4.78 is 43.9. The number of aromatic nitrogens is 2. The van der Waals surface area contributed by atoms with Crippen LogP contribution in [0.3, 0.4) is 0 Å². The van der Waals surface area contributed by atoms with Crippen LogP contribution in [0.1, 0.15) is 25.7 Å². The Balaban J connectivity index is 2.38. The first-order chi connectivity index (χ1) is 8.90. The number of hydrogen-bond acceptors (Lipinski definition) is 4. The number of rotatable bonds is 3. The van der Waals surface area contributed by atoms with E-state index in [0.717, 1.165) is 12.1 Å². The molecule has 1 aromatic carbocycles. The molecular weight excluding hydrogens is 259 g/mol. The summed E-state index contributed by atoms with van der Waals surface area (Å²) in [4.78, 5) is 3.95. The van der Waals surface area contributed by atoms with Crippen LogP contribution in [0.2, 0.25) is 0 Å². The quantitative estimate of drug-likeness (QED) is 0.872. The van der Waals surface area contributed by atoms with E-state index < -0.39 is 23.5 Å². The van der Waals surface area contributed by atoms with Gasteiger partial charge in [-0.05, 0) is 18.1 Å². The van der Waals surface area contributed by atoms with Crippen LogP contribution in [-0.2, 0) is 0 Å². The second-order valence-electron chi connectivity index (χ2n) is 4.48. The lowest BCUT2D eigenvalue weighted by molar-refractivity contribution is 0.399. The molecule has 0 bridgehead atoms. The van der Waals surface area contributed by atoms with Crippen LogP contribution in [0.5, 0.6) is 0 Å². The minimum atomic E-state index is -1.54. The third-order valence-corrected chi connectivity index (χ3v) is 2.69. The molecule has 0 saturated carbocycles. The van der Waals surface area contributed by atoms with Gasteiger partial charge in [0.2, 0.25) is 0 Å². The van der Waals surface area contributed by atoms with E-state index in [2.05, 4.69) is 10.1 Å². The standard InChI is InChI=1S/C12H12F3N3O/c1-5(2)10(16)11-17-12(19-18-11)6-3-7(13)9(15)8(14)4-6/h3-5,10H,16H2,1-2H3. The van der Waals surface area contributed by atoms with Crippen LogP contribution in [0.15, 0.2) is 16.7 Å². The molecule has 0 aliphatic carbocycles. The van der Waals surface area contributed by atoms with Gasteiger partial charge in [-0.15, -0.1) is 0 Å². The van der Waals surface area contributed by atoms with Crippen molar-refractivity contribution >= 4 is 0 Å². The summed E-state index contributed by atoms with van der Waals surface area (Å²) in [7, 11) is 0. The smallest absolute Gasteiger partial charge is 0.258 e. The van der Waals surface area contributed by atoms with Crippen molar-refractivity contribution < 1.29 is 17.7 Å². The van der Waals surface area contributed by atoms with Crippen LogP contribution in [0.25, 0.3) is 11.5 Å². The van der Waals surface area contributed by atoms with Gasteiger partial charge >= 0.3 is 0 Å². The number of hydrogen-bond donors (Lipinski definition) is 1. The first-order valence-electron chi connectivity index (χ1n) is 5.64. The second-order valence-corrected chi connectivity index (χ2v) is 4.48. The molecule has 0 spiro atoms. The molecule has 7 heteroatoms. The summed E-state index contributed by atoms with van der Waals surface area (Å²) in [5, 5.41) is 3.65. The highest BCUT2D eigenvalue weighted by Gasteiger charge is 2.20. The third kappa shape index (κ3) is 2.60. The lowest BCUT2D eigenvalue weighted by Crippen LogP contribution is -2.18. The Morgan fingerprint density at radius 1 is 1.16 bits per heavy atom. The van der Waals surface area contributed by atoms with Crippen molar-refractivity contribution in [2.24, 2.45) is 11.7 Å². The first kappa shape index (κ1) is 13.5. The zero-order chi connectivity index (χ0) is 14.2. The maximum Gasteiger partial charge on any atom is 0.258 e. The first-order valence-corrected chi connectivity index (χ1v) is 5.64. The van der Waals surface area contributed by atoms with E-state index in [1.54, 1.807) is 0 Å². The molecular formula is C12H12F3N3O. The van der Waals surface area contributed by atoms with Crippen molar-refractivity contribution in [1.82, 2.24) is 10.1 Å². The topological polar surface area (TPSA) is 64.9 Å². The zero-order valence-electron chi connectivity index (χ0n) is 10.3. The number of nitrogens with two attached hydrogens (primary N) is 1. The predicted octanol–water partition coefficient (Wildman–Crippen LogP) is 2.81. The fourth-order valence-electron chi connectivity index (χ4n) is 1.46. The van der Waals surface area contributed by atoms with Gasteiger partial charge in [-0.3, -0.25) is 0 Å². The molecule has 1 atom stereocenters. The second kappa shape index (κ2) is 5.00. The predicted molar refractivity (Wildman–Crippen MR) is 61.4 cm³/mol. The summed E-state index contributed by atoms with van der Waals surface area (Å²) in [6.07, 6.45) is 0. The van der Waals surface area contributed by atoms with Crippen LogP contribution >= 0.6 is 0 Å². The summed E-state index contributed by atoms with van der Waals surface area (Å²) in [5.41, 5.74) is 5.78. The maximum atomic E-state index is 13.1. The monoisotopic (exact) mass is 271 g/mol. The molecule has 1 heterocycles. The highest BCUT2D eigenvalue weighted by atomic mass is 19.2. The largest absolute Gasteiger partial charge is 0.334 e. The lowest BCUT2D eigenvalue weighted by Gasteiger charge is -2.09. The zero-order valence-corrected chi connectivity index (χ0v) is 10.3. The number of nitrogens with zero attached hydrogens (tertiary/aromatic N) is 2. The molecule has 0 amide bonds. The van der Waals surface area contributed by atoms with Crippen molar-refractivity contribution in [3.63, 3.8) is 0 Å². The lowest BCUT2D eigenvalue weighted by atomic mass is 10.1. The maximum absolute atomic E-state index is 13.1. The fourth-order valence-corrected chi connectivity index (χ4v) is 1.46. The molecule has 19 heavy (non-hydrogen) atoms. The van der Waals surface area contributed by atoms with Crippen molar-refractivity contribution in [3.8, 4) is 11.5 Å². The molecule has 0 fully saturated rings. The molecule has 2 rings (SSSR count). The van der Waals surface area contributed by atoms with Gasteiger partial charge < -0.3 is 10.3 Å². The van der Waals surface area contributed by atoms with Crippen LogP contribution in [0, 0.1) is 23.4 Å². The van der Waals surface area contributed by atoms with E-state index >= 15 is 0 Å². The molecule has 1 unspecified atom stereocenters. The Bertz CT molecular complexity index is 575. The van der Waals surface area contributed by atoms with Gasteiger partial charge in [-0.25, -0.2) is 13.2 Å². The molecule has 0 aliphatic rings. The van der Waals surface area contributed by atoms with Gasteiger partial charge in [-0.2, -0.15) is 4.98 Å². The van der Waals surface area contributed by atoms with Crippen LogP contribution in [0.4, 0.5) is 13.2 Å². The van der Waals surface area contributed by atoms with Gasteiger partial charge in [0.05, 0.1) is 6.04 Å². The van der Waals surface area contributed by atoms with Crippen molar-refractivity contribution in [2.75, 3.05) is 0 Å².